The van der Waals surface area contributed by atoms with Gasteiger partial charge in [-0.15, -0.1) is 5.10 Å². The van der Waals surface area contributed by atoms with Crippen LogP contribution in [0.1, 0.15) is 11.5 Å². The predicted octanol–water partition coefficient (Wildman–Crippen LogP) is 1.58. The van der Waals surface area contributed by atoms with Crippen LogP contribution in [0.25, 0.3) is 0 Å². The van der Waals surface area contributed by atoms with Crippen molar-refractivity contribution in [3.05, 3.63) is 35.7 Å². The number of nitrogens with zero attached hydrogens (tertiary/aromatic N) is 2. The van der Waals surface area contributed by atoms with E-state index in [1.165, 1.54) is 5.56 Å². The van der Waals surface area contributed by atoms with Gasteiger partial charge in [0.25, 0.3) is 0 Å². The lowest BCUT2D eigenvalue weighted by atomic mass is 10.2. The molecule has 0 aliphatic rings. The van der Waals surface area contributed by atoms with E-state index < -0.39 is 0 Å². The van der Waals surface area contributed by atoms with Gasteiger partial charge in [0.15, 0.2) is 0 Å². The Balaban J connectivity index is 2.11. The summed E-state index contributed by atoms with van der Waals surface area (Å²) in [5.74, 6) is 0.421. The molecule has 0 spiro atoms. The van der Waals surface area contributed by atoms with Crippen LogP contribution in [-0.2, 0) is 6.54 Å². The first-order valence-corrected chi connectivity index (χ1v) is 4.64. The largest absolute Gasteiger partial charge is 0.406 e. The molecule has 2 rings (SSSR count). The molecule has 0 bridgehead atoms. The number of aryl methyl sites for hydroxylation is 1. The van der Waals surface area contributed by atoms with Crippen molar-refractivity contribution in [1.82, 2.24) is 10.2 Å². The van der Waals surface area contributed by atoms with Crippen molar-refractivity contribution in [2.75, 3.05) is 5.32 Å². The second-order valence-corrected chi connectivity index (χ2v) is 3.20. The SMILES string of the molecule is Cc1ccc(Nc2nnc(CN)o2)cc1. The molecule has 1 aromatic heterocycles. The fourth-order valence-electron chi connectivity index (χ4n) is 1.15. The van der Waals surface area contributed by atoms with Crippen molar-refractivity contribution in [2.45, 2.75) is 13.5 Å². The Morgan fingerprint density at radius 1 is 1.27 bits per heavy atom. The summed E-state index contributed by atoms with van der Waals surface area (Å²) in [6, 6.07) is 8.26. The Labute approximate surface area is 87.3 Å². The lowest BCUT2D eigenvalue weighted by molar-refractivity contribution is 0.511. The number of nitrogens with two attached hydrogens (primary N) is 1. The summed E-state index contributed by atoms with van der Waals surface area (Å²) in [6.07, 6.45) is 0. The Morgan fingerprint density at radius 2 is 2.00 bits per heavy atom. The molecule has 1 heterocycles. The summed E-state index contributed by atoms with van der Waals surface area (Å²) in [5.41, 5.74) is 7.46. The average Bonchev–Trinajstić information content (AvgIpc) is 2.69. The zero-order valence-electron chi connectivity index (χ0n) is 8.40. The Bertz CT molecular complexity index is 435. The molecule has 0 aliphatic heterocycles. The minimum Gasteiger partial charge on any atom is -0.406 e. The molecule has 5 nitrogen and oxygen atoms in total. The molecule has 0 saturated carbocycles. The molecule has 0 amide bonds. The van der Waals surface area contributed by atoms with Crippen LogP contribution in [0.4, 0.5) is 11.7 Å². The highest BCUT2D eigenvalue weighted by atomic mass is 16.4. The van der Waals surface area contributed by atoms with Crippen LogP contribution < -0.4 is 11.1 Å². The van der Waals surface area contributed by atoms with Crippen LogP contribution in [0.3, 0.4) is 0 Å². The smallest absolute Gasteiger partial charge is 0.320 e. The van der Waals surface area contributed by atoms with Crippen molar-refractivity contribution in [3.63, 3.8) is 0 Å². The highest BCUT2D eigenvalue weighted by Gasteiger charge is 2.03. The van der Waals surface area contributed by atoms with E-state index in [2.05, 4.69) is 15.5 Å². The van der Waals surface area contributed by atoms with Crippen molar-refractivity contribution < 1.29 is 4.42 Å². The second-order valence-electron chi connectivity index (χ2n) is 3.20. The van der Waals surface area contributed by atoms with Gasteiger partial charge in [-0.2, -0.15) is 0 Å². The van der Waals surface area contributed by atoms with E-state index in [9.17, 15) is 0 Å². The number of rotatable bonds is 3. The number of hydrogen-bond acceptors (Lipinski definition) is 5. The lowest BCUT2D eigenvalue weighted by Gasteiger charge is -2.00. The van der Waals surface area contributed by atoms with Gasteiger partial charge in [0.05, 0.1) is 6.54 Å². The van der Waals surface area contributed by atoms with Crippen LogP contribution in [0.2, 0.25) is 0 Å². The van der Waals surface area contributed by atoms with E-state index in [4.69, 9.17) is 10.2 Å². The topological polar surface area (TPSA) is 77.0 Å². The zero-order chi connectivity index (χ0) is 10.7. The lowest BCUT2D eigenvalue weighted by Crippen LogP contribution is -1.95. The number of aromatic nitrogens is 2. The highest BCUT2D eigenvalue weighted by molar-refractivity contribution is 5.52. The molecule has 0 saturated heterocycles. The van der Waals surface area contributed by atoms with Crippen molar-refractivity contribution in [1.29, 1.82) is 0 Å². The molecular formula is C10H12N4O. The molecule has 0 unspecified atom stereocenters. The van der Waals surface area contributed by atoms with E-state index in [0.717, 1.165) is 5.69 Å². The Hall–Kier alpha value is -1.88. The summed E-state index contributed by atoms with van der Waals surface area (Å²) in [7, 11) is 0. The van der Waals surface area contributed by atoms with E-state index in [1.807, 2.05) is 31.2 Å². The van der Waals surface area contributed by atoms with Crippen LogP contribution >= 0.6 is 0 Å². The summed E-state index contributed by atoms with van der Waals surface area (Å²) < 4.78 is 5.21. The number of nitrogens with one attached hydrogen (secondary N) is 1. The first-order valence-electron chi connectivity index (χ1n) is 4.64. The molecule has 0 aliphatic carbocycles. The maximum atomic E-state index is 5.35. The first kappa shape index (κ1) is 9.67. The Morgan fingerprint density at radius 3 is 2.60 bits per heavy atom. The monoisotopic (exact) mass is 204 g/mol. The van der Waals surface area contributed by atoms with E-state index in [-0.39, 0.29) is 6.54 Å². The Kier molecular flexibility index (Phi) is 2.64. The number of hydrogen-bond donors (Lipinski definition) is 2. The van der Waals surface area contributed by atoms with Gasteiger partial charge in [-0.1, -0.05) is 22.8 Å². The van der Waals surface area contributed by atoms with Crippen LogP contribution in [-0.4, -0.2) is 10.2 Å². The maximum Gasteiger partial charge on any atom is 0.320 e. The second kappa shape index (κ2) is 4.10. The number of anilines is 2. The highest BCUT2D eigenvalue weighted by Crippen LogP contribution is 2.15. The maximum absolute atomic E-state index is 5.35. The van der Waals surface area contributed by atoms with Gasteiger partial charge >= 0.3 is 6.01 Å². The van der Waals surface area contributed by atoms with Crippen molar-refractivity contribution >= 4 is 11.7 Å². The fraction of sp³-hybridized carbons (Fsp3) is 0.200. The third-order valence-corrected chi connectivity index (χ3v) is 1.94. The van der Waals surface area contributed by atoms with Gasteiger partial charge in [-0.25, -0.2) is 0 Å². The third kappa shape index (κ3) is 2.32. The molecule has 0 radical (unpaired) electrons. The van der Waals surface area contributed by atoms with Gasteiger partial charge < -0.3 is 15.5 Å². The van der Waals surface area contributed by atoms with E-state index >= 15 is 0 Å². The third-order valence-electron chi connectivity index (χ3n) is 1.94. The van der Waals surface area contributed by atoms with E-state index in [0.29, 0.717) is 11.9 Å². The van der Waals surface area contributed by atoms with Crippen LogP contribution in [0.5, 0.6) is 0 Å². The van der Waals surface area contributed by atoms with Crippen molar-refractivity contribution in [3.8, 4) is 0 Å². The molecule has 1 aromatic carbocycles. The summed E-state index contributed by atoms with van der Waals surface area (Å²) >= 11 is 0. The summed E-state index contributed by atoms with van der Waals surface area (Å²) in [4.78, 5) is 0. The van der Waals surface area contributed by atoms with Gasteiger partial charge in [-0.05, 0) is 19.1 Å². The normalized spacial score (nSPS) is 10.3. The molecule has 0 atom stereocenters. The number of benzene rings is 1. The standard InChI is InChI=1S/C10H12N4O/c1-7-2-4-8(5-3-7)12-10-14-13-9(6-11)15-10/h2-5H,6,11H2,1H3,(H,12,14). The summed E-state index contributed by atoms with van der Waals surface area (Å²) in [5, 5.41) is 10.5. The van der Waals surface area contributed by atoms with Crippen LogP contribution in [0, 0.1) is 6.92 Å². The van der Waals surface area contributed by atoms with Gasteiger partial charge in [0, 0.05) is 5.69 Å². The van der Waals surface area contributed by atoms with Gasteiger partial charge in [0.1, 0.15) is 0 Å². The minimum absolute atomic E-state index is 0.253. The average molecular weight is 204 g/mol. The fourth-order valence-corrected chi connectivity index (χ4v) is 1.15. The molecule has 0 fully saturated rings. The minimum atomic E-state index is 0.253. The molecule has 2 aromatic rings. The molecule has 15 heavy (non-hydrogen) atoms. The van der Waals surface area contributed by atoms with Gasteiger partial charge in [-0.3, -0.25) is 0 Å². The van der Waals surface area contributed by atoms with Crippen LogP contribution in [0.15, 0.2) is 28.7 Å². The molecule has 3 N–H and O–H groups in total. The predicted molar refractivity (Wildman–Crippen MR) is 56.7 cm³/mol. The van der Waals surface area contributed by atoms with Gasteiger partial charge in [0.2, 0.25) is 5.89 Å². The van der Waals surface area contributed by atoms with Crippen molar-refractivity contribution in [2.24, 2.45) is 5.73 Å². The molecular weight excluding hydrogens is 192 g/mol. The molecule has 78 valence electrons. The molecule has 5 heteroatoms. The quantitative estimate of drug-likeness (QED) is 0.793. The first-order chi connectivity index (χ1) is 7.28. The zero-order valence-corrected chi connectivity index (χ0v) is 8.40. The summed E-state index contributed by atoms with van der Waals surface area (Å²) in [6.45, 7) is 2.28. The van der Waals surface area contributed by atoms with E-state index in [1.54, 1.807) is 0 Å².